The quantitative estimate of drug-likeness (QED) is 0.0824. The summed E-state index contributed by atoms with van der Waals surface area (Å²) in [6.45, 7) is 1.08. The summed E-state index contributed by atoms with van der Waals surface area (Å²) >= 11 is 12.3. The molecule has 1 aromatic carbocycles. The smallest absolute Gasteiger partial charge is 0.340 e. The molecule has 18 heteroatoms. The van der Waals surface area contributed by atoms with Crippen LogP contribution < -0.4 is 5.32 Å². The monoisotopic (exact) mass is 625 g/mol. The Kier molecular flexibility index (Phi) is 10.7. The lowest BCUT2D eigenvalue weighted by atomic mass is 10.0. The van der Waals surface area contributed by atoms with Crippen molar-refractivity contribution in [2.75, 3.05) is 24.4 Å². The molecule has 0 amide bonds. The lowest BCUT2D eigenvalue weighted by Gasteiger charge is -2.25. The van der Waals surface area contributed by atoms with Gasteiger partial charge in [0.15, 0.2) is 17.8 Å². The van der Waals surface area contributed by atoms with Crippen LogP contribution in [0.25, 0.3) is 11.0 Å². The van der Waals surface area contributed by atoms with Gasteiger partial charge in [0.1, 0.15) is 18.0 Å². The molecular formula is C21H27Cl2N5O9P2. The van der Waals surface area contributed by atoms with Crippen LogP contribution in [0.3, 0.4) is 0 Å². The number of aliphatic hydroxyl groups is 3. The zero-order valence-corrected chi connectivity index (χ0v) is 23.7. The number of hydrogen-bond acceptors (Lipinski definition) is 10. The van der Waals surface area contributed by atoms with Crippen molar-refractivity contribution < 1.29 is 43.7 Å². The molecule has 214 valence electrons. The zero-order chi connectivity index (χ0) is 29.0. The fourth-order valence-corrected chi connectivity index (χ4v) is 6.49. The van der Waals surface area contributed by atoms with Gasteiger partial charge in [0.2, 0.25) is 5.28 Å². The van der Waals surface area contributed by atoms with Crippen molar-refractivity contribution >= 4 is 55.2 Å². The molecule has 4 atom stereocenters. The van der Waals surface area contributed by atoms with E-state index in [1.807, 2.05) is 18.2 Å². The third-order valence-electron chi connectivity index (χ3n) is 5.50. The molecule has 2 aromatic heterocycles. The lowest BCUT2D eigenvalue weighted by Crippen LogP contribution is -2.37. The molecular weight excluding hydrogens is 599 g/mol. The number of benzene rings is 1. The van der Waals surface area contributed by atoms with Crippen molar-refractivity contribution in [3.63, 3.8) is 0 Å². The van der Waals surface area contributed by atoms with Crippen LogP contribution in [-0.4, -0.2) is 81.0 Å². The van der Waals surface area contributed by atoms with Gasteiger partial charge in [0.25, 0.3) is 0 Å². The number of aliphatic hydroxyl groups excluding tert-OH is 3. The first-order chi connectivity index (χ1) is 18.2. The topological polar surface area (TPSA) is 220 Å². The normalized spacial score (nSPS) is 16.6. The molecule has 3 aromatic rings. The minimum Gasteiger partial charge on any atom is -0.386 e. The summed E-state index contributed by atoms with van der Waals surface area (Å²) in [5.74, 6) is -1.12. The Balaban J connectivity index is 1.74. The second-order valence-electron chi connectivity index (χ2n) is 8.37. The van der Waals surface area contributed by atoms with Crippen LogP contribution in [0.4, 0.5) is 5.82 Å². The van der Waals surface area contributed by atoms with Crippen LogP contribution in [0, 0.1) is 0 Å². The minimum absolute atomic E-state index is 0.0359. The molecule has 3 rings (SSSR count). The Hall–Kier alpha value is -1.93. The van der Waals surface area contributed by atoms with Crippen molar-refractivity contribution in [2.45, 2.75) is 31.8 Å². The molecule has 0 aliphatic heterocycles. The van der Waals surface area contributed by atoms with E-state index in [1.165, 1.54) is 19.2 Å². The maximum absolute atomic E-state index is 11.9. The third kappa shape index (κ3) is 8.53. The first kappa shape index (κ1) is 31.6. The number of nitrogens with one attached hydrogen (secondary N) is 1. The lowest BCUT2D eigenvalue weighted by molar-refractivity contribution is -0.0845. The number of allylic oxidation sites excluding steroid dienone is 1. The summed E-state index contributed by atoms with van der Waals surface area (Å²) in [5, 5.41) is 40.0. The van der Waals surface area contributed by atoms with Gasteiger partial charge < -0.3 is 39.8 Å². The van der Waals surface area contributed by atoms with E-state index in [4.69, 9.17) is 37.5 Å². The number of rotatable bonds is 13. The van der Waals surface area contributed by atoms with E-state index in [0.29, 0.717) is 29.2 Å². The Morgan fingerprint density at radius 3 is 2.49 bits per heavy atom. The molecule has 0 spiro atoms. The van der Waals surface area contributed by atoms with Crippen molar-refractivity contribution in [1.29, 1.82) is 0 Å². The van der Waals surface area contributed by atoms with E-state index in [1.54, 1.807) is 6.07 Å². The van der Waals surface area contributed by atoms with Crippen LogP contribution in [-0.2, 0) is 20.1 Å². The Bertz CT molecular complexity index is 1430. The summed E-state index contributed by atoms with van der Waals surface area (Å²) in [6, 6.07) is 7.34. The van der Waals surface area contributed by atoms with Crippen LogP contribution in [0.15, 0.2) is 42.1 Å². The molecule has 14 nitrogen and oxygen atoms in total. The molecule has 0 aliphatic rings. The molecule has 0 fully saturated rings. The van der Waals surface area contributed by atoms with Gasteiger partial charge in [-0.15, -0.1) is 0 Å². The van der Waals surface area contributed by atoms with Crippen LogP contribution in [0.1, 0.15) is 18.7 Å². The number of fused-ring (bicyclic) bond motifs is 1. The van der Waals surface area contributed by atoms with Crippen molar-refractivity contribution in [2.24, 2.45) is 0 Å². The van der Waals surface area contributed by atoms with Gasteiger partial charge in [-0.1, -0.05) is 35.9 Å². The zero-order valence-electron chi connectivity index (χ0n) is 20.4. The highest BCUT2D eigenvalue weighted by Gasteiger charge is 2.34. The Labute approximate surface area is 232 Å². The van der Waals surface area contributed by atoms with E-state index in [0.717, 1.165) is 10.2 Å². The largest absolute Gasteiger partial charge is 0.386 e. The predicted octanol–water partition coefficient (Wildman–Crippen LogP) is 2.28. The number of nitrogens with zero attached hydrogens (tertiary/aromatic N) is 4. The molecule has 0 aliphatic carbocycles. The minimum atomic E-state index is -4.86. The van der Waals surface area contributed by atoms with E-state index in [2.05, 4.69) is 20.4 Å². The van der Waals surface area contributed by atoms with Crippen LogP contribution >= 0.6 is 38.4 Å². The molecule has 1 unspecified atom stereocenters. The van der Waals surface area contributed by atoms with Crippen molar-refractivity contribution in [3.05, 3.63) is 58.0 Å². The molecule has 0 saturated carbocycles. The highest BCUT2D eigenvalue weighted by atomic mass is 35.5. The van der Waals surface area contributed by atoms with Crippen LogP contribution in [0.5, 0.6) is 0 Å². The number of aromatic nitrogens is 4. The number of halogens is 2. The van der Waals surface area contributed by atoms with Gasteiger partial charge in [-0.3, -0.25) is 9.13 Å². The average Bonchev–Trinajstić information content (AvgIpc) is 3.26. The first-order valence-corrected chi connectivity index (χ1v) is 15.6. The molecule has 0 saturated heterocycles. The highest BCUT2D eigenvalue weighted by molar-refractivity contribution is 7.70. The molecule has 0 bridgehead atoms. The van der Waals surface area contributed by atoms with Crippen molar-refractivity contribution in [1.82, 2.24) is 19.7 Å². The highest BCUT2D eigenvalue weighted by Crippen LogP contribution is 2.55. The average molecular weight is 626 g/mol. The molecule has 39 heavy (non-hydrogen) atoms. The fourth-order valence-electron chi connectivity index (χ4n) is 3.56. The maximum atomic E-state index is 11.9. The number of hydrogen-bond donors (Lipinski definition) is 7. The summed E-state index contributed by atoms with van der Waals surface area (Å²) < 4.78 is 28.5. The molecule has 0 radical (unpaired) electrons. The van der Waals surface area contributed by atoms with Gasteiger partial charge in [0.05, 0.1) is 18.2 Å². The second kappa shape index (κ2) is 13.2. The fraction of sp³-hybridized carbons (Fsp3) is 0.381. The van der Waals surface area contributed by atoms with Crippen molar-refractivity contribution in [3.8, 4) is 0 Å². The third-order valence-corrected chi connectivity index (χ3v) is 9.47. The first-order valence-electron chi connectivity index (χ1n) is 11.3. The Morgan fingerprint density at radius 2 is 1.85 bits per heavy atom. The van der Waals surface area contributed by atoms with E-state index in [-0.39, 0.29) is 16.5 Å². The standard InChI is InChI=1S/C21H27Cl2N5O9P2/c1-2-12(10-37-39(35,36)11-38(32,33)34)16(29)17(30)20(31)28-19-14(9-25-28)18(26-21(23)27-19)24-8-7-13-5-3-4-6-15(13)22/h2-6,9,16-17,20,29-31H,7-8,10-11H2,1H3,(H,35,36)(H,24,26,27)(H2,32,33,34)/b12-2-/t16-,17-,20-/m1/s1. The Morgan fingerprint density at radius 1 is 1.15 bits per heavy atom. The van der Waals surface area contributed by atoms with E-state index < -0.39 is 46.1 Å². The van der Waals surface area contributed by atoms with Gasteiger partial charge in [-0.2, -0.15) is 15.1 Å². The molecule has 2 heterocycles. The van der Waals surface area contributed by atoms with Gasteiger partial charge in [0, 0.05) is 11.6 Å². The second-order valence-corrected chi connectivity index (χ2v) is 13.1. The van der Waals surface area contributed by atoms with Crippen LogP contribution in [0.2, 0.25) is 10.3 Å². The van der Waals surface area contributed by atoms with Gasteiger partial charge >= 0.3 is 15.2 Å². The van der Waals surface area contributed by atoms with Gasteiger partial charge in [-0.05, 0) is 42.1 Å². The summed E-state index contributed by atoms with van der Waals surface area (Å²) in [4.78, 5) is 35.7. The summed E-state index contributed by atoms with van der Waals surface area (Å²) in [7, 11) is -9.58. The SMILES string of the molecule is C/C=C(/COP(=O)(O)CP(=O)(O)O)[C@@H](O)[C@@H](O)[C@@H](O)n1ncc2c(NCCc3ccccc3Cl)nc(Cl)nc21. The van der Waals surface area contributed by atoms with E-state index in [9.17, 15) is 29.3 Å². The maximum Gasteiger partial charge on any atom is 0.340 e. The van der Waals surface area contributed by atoms with Gasteiger partial charge in [-0.25, -0.2) is 4.68 Å². The summed E-state index contributed by atoms with van der Waals surface area (Å²) in [6.07, 6.45) is -2.49. The van der Waals surface area contributed by atoms with E-state index >= 15 is 0 Å². The predicted molar refractivity (Wildman–Crippen MR) is 144 cm³/mol. The number of anilines is 1. The molecule has 7 N–H and O–H groups in total. The summed E-state index contributed by atoms with van der Waals surface area (Å²) in [5.41, 5.74) is 0.802.